The summed E-state index contributed by atoms with van der Waals surface area (Å²) in [7, 11) is 1.59. The van der Waals surface area contributed by atoms with Gasteiger partial charge in [-0.1, -0.05) is 15.9 Å². The number of carbonyl (C=O) groups excluding carboxylic acids is 1. The van der Waals surface area contributed by atoms with E-state index in [-0.39, 0.29) is 5.91 Å². The second-order valence-corrected chi connectivity index (χ2v) is 3.87. The van der Waals surface area contributed by atoms with Gasteiger partial charge in [-0.15, -0.1) is 0 Å². The Morgan fingerprint density at radius 3 is 2.93 bits per heavy atom. The van der Waals surface area contributed by atoms with E-state index in [9.17, 15) is 4.79 Å². The van der Waals surface area contributed by atoms with Gasteiger partial charge in [-0.2, -0.15) is 0 Å². The third-order valence-corrected chi connectivity index (χ3v) is 2.33. The Morgan fingerprint density at radius 1 is 1.60 bits per heavy atom. The fourth-order valence-electron chi connectivity index (χ4n) is 1.03. The average Bonchev–Trinajstić information content (AvgIpc) is 2.21. The monoisotopic (exact) mass is 272 g/mol. The van der Waals surface area contributed by atoms with Crippen LogP contribution in [0.15, 0.2) is 22.7 Å². The summed E-state index contributed by atoms with van der Waals surface area (Å²) < 4.78 is 6.26. The van der Waals surface area contributed by atoms with Crippen LogP contribution in [-0.2, 0) is 4.79 Å². The van der Waals surface area contributed by atoms with Crippen molar-refractivity contribution in [3.05, 3.63) is 22.7 Å². The van der Waals surface area contributed by atoms with Crippen LogP contribution in [0.5, 0.6) is 5.75 Å². The Labute approximate surface area is 96.9 Å². The van der Waals surface area contributed by atoms with Crippen molar-refractivity contribution in [2.45, 2.75) is 6.42 Å². The maximum atomic E-state index is 10.9. The number of nitrogens with two attached hydrogens (primary N) is 1. The van der Waals surface area contributed by atoms with Crippen LogP contribution in [0.1, 0.15) is 6.42 Å². The number of hydrogen-bond donors (Lipinski definition) is 2. The van der Waals surface area contributed by atoms with Crippen LogP contribution in [0.3, 0.4) is 0 Å². The zero-order valence-corrected chi connectivity index (χ0v) is 10.0. The molecular formula is C10H13BrN2O2. The van der Waals surface area contributed by atoms with Crippen LogP contribution in [-0.4, -0.2) is 19.6 Å². The Bertz CT molecular complexity index is 355. The molecule has 0 fully saturated rings. The number of hydrogen-bond acceptors (Lipinski definition) is 3. The molecule has 15 heavy (non-hydrogen) atoms. The van der Waals surface area contributed by atoms with Gasteiger partial charge in [-0.05, 0) is 18.2 Å². The predicted molar refractivity (Wildman–Crippen MR) is 62.7 cm³/mol. The van der Waals surface area contributed by atoms with Gasteiger partial charge < -0.3 is 15.8 Å². The lowest BCUT2D eigenvalue weighted by atomic mass is 10.3. The first-order chi connectivity index (χ1) is 7.13. The highest BCUT2D eigenvalue weighted by molar-refractivity contribution is 9.10. The summed E-state index contributed by atoms with van der Waals surface area (Å²) in [6, 6.07) is 5.37. The van der Waals surface area contributed by atoms with Crippen molar-refractivity contribution in [3.8, 4) is 5.75 Å². The van der Waals surface area contributed by atoms with Crippen LogP contribution >= 0.6 is 15.9 Å². The molecule has 0 aliphatic rings. The minimum absolute atomic E-state index is 0.0503. The predicted octanol–water partition coefficient (Wildman–Crippen LogP) is 1.55. The zero-order valence-electron chi connectivity index (χ0n) is 8.42. The summed E-state index contributed by atoms with van der Waals surface area (Å²) in [6.07, 6.45) is 0.325. The SMILES string of the molecule is CNC(=O)CCOc1ccc(Br)cc1N. The maximum absolute atomic E-state index is 10.9. The summed E-state index contributed by atoms with van der Waals surface area (Å²) >= 11 is 3.30. The maximum Gasteiger partial charge on any atom is 0.223 e. The molecule has 0 spiro atoms. The van der Waals surface area contributed by atoms with Crippen LogP contribution in [0, 0.1) is 0 Å². The van der Waals surface area contributed by atoms with Crippen molar-refractivity contribution < 1.29 is 9.53 Å². The number of halogens is 1. The molecule has 0 aliphatic heterocycles. The van der Waals surface area contributed by atoms with E-state index in [0.717, 1.165) is 4.47 Å². The largest absolute Gasteiger partial charge is 0.491 e. The third-order valence-electron chi connectivity index (χ3n) is 1.84. The van der Waals surface area contributed by atoms with Crippen LogP contribution in [0.2, 0.25) is 0 Å². The highest BCUT2D eigenvalue weighted by Crippen LogP contribution is 2.25. The number of carbonyl (C=O) groups is 1. The smallest absolute Gasteiger partial charge is 0.223 e. The first-order valence-corrected chi connectivity index (χ1v) is 5.31. The second kappa shape index (κ2) is 5.60. The van der Waals surface area contributed by atoms with Gasteiger partial charge in [0.05, 0.1) is 18.7 Å². The number of nitrogens with one attached hydrogen (secondary N) is 1. The molecular weight excluding hydrogens is 260 g/mol. The van der Waals surface area contributed by atoms with Gasteiger partial charge in [0.15, 0.2) is 0 Å². The number of anilines is 1. The van der Waals surface area contributed by atoms with Crippen LogP contribution in [0.25, 0.3) is 0 Å². The minimum Gasteiger partial charge on any atom is -0.491 e. The van der Waals surface area contributed by atoms with Crippen molar-refractivity contribution in [1.29, 1.82) is 0 Å². The molecule has 0 radical (unpaired) electrons. The number of ether oxygens (including phenoxy) is 1. The van der Waals surface area contributed by atoms with Crippen molar-refractivity contribution in [2.24, 2.45) is 0 Å². The molecule has 4 nitrogen and oxygen atoms in total. The lowest BCUT2D eigenvalue weighted by molar-refractivity contribution is -0.121. The van der Waals surface area contributed by atoms with Crippen molar-refractivity contribution >= 4 is 27.5 Å². The Morgan fingerprint density at radius 2 is 2.33 bits per heavy atom. The first-order valence-electron chi connectivity index (χ1n) is 4.52. The van der Waals surface area contributed by atoms with Crippen molar-refractivity contribution in [2.75, 3.05) is 19.4 Å². The highest BCUT2D eigenvalue weighted by Gasteiger charge is 2.02. The van der Waals surface area contributed by atoms with Gasteiger partial charge >= 0.3 is 0 Å². The molecule has 0 atom stereocenters. The van der Waals surface area contributed by atoms with Crippen molar-refractivity contribution in [3.63, 3.8) is 0 Å². The topological polar surface area (TPSA) is 64.3 Å². The highest BCUT2D eigenvalue weighted by atomic mass is 79.9. The van der Waals surface area contributed by atoms with E-state index >= 15 is 0 Å². The Hall–Kier alpha value is -1.23. The number of benzene rings is 1. The summed E-state index contributed by atoms with van der Waals surface area (Å²) in [5, 5.41) is 2.52. The molecule has 0 aromatic heterocycles. The van der Waals surface area contributed by atoms with E-state index in [0.29, 0.717) is 24.5 Å². The molecule has 0 aliphatic carbocycles. The molecule has 1 aromatic rings. The van der Waals surface area contributed by atoms with Gasteiger partial charge in [0, 0.05) is 11.5 Å². The summed E-state index contributed by atoms with van der Waals surface area (Å²) in [6.45, 7) is 0.325. The molecule has 1 rings (SSSR count). The molecule has 1 amide bonds. The van der Waals surface area contributed by atoms with E-state index in [4.69, 9.17) is 10.5 Å². The quantitative estimate of drug-likeness (QED) is 0.818. The van der Waals surface area contributed by atoms with Crippen molar-refractivity contribution in [1.82, 2.24) is 5.32 Å². The molecule has 0 saturated heterocycles. The van der Waals surface area contributed by atoms with E-state index in [1.807, 2.05) is 6.07 Å². The van der Waals surface area contributed by atoms with Gasteiger partial charge in [0.2, 0.25) is 5.91 Å². The number of nitrogen functional groups attached to an aromatic ring is 1. The summed E-state index contributed by atoms with van der Waals surface area (Å²) in [5.74, 6) is 0.549. The fourth-order valence-corrected chi connectivity index (χ4v) is 1.41. The van der Waals surface area contributed by atoms with E-state index in [1.165, 1.54) is 0 Å². The number of rotatable bonds is 4. The van der Waals surface area contributed by atoms with Gasteiger partial charge in [0.1, 0.15) is 5.75 Å². The standard InChI is InChI=1S/C10H13BrN2O2/c1-13-10(14)4-5-15-9-3-2-7(11)6-8(9)12/h2-3,6H,4-5,12H2,1H3,(H,13,14). The molecule has 0 saturated carbocycles. The van der Waals surface area contributed by atoms with E-state index in [2.05, 4.69) is 21.2 Å². The molecule has 0 unspecified atom stereocenters. The Balaban J connectivity index is 2.47. The van der Waals surface area contributed by atoms with Gasteiger partial charge in [0.25, 0.3) is 0 Å². The average molecular weight is 273 g/mol. The summed E-state index contributed by atoms with van der Waals surface area (Å²) in [5.41, 5.74) is 6.27. The van der Waals surface area contributed by atoms with E-state index in [1.54, 1.807) is 19.2 Å². The van der Waals surface area contributed by atoms with Gasteiger partial charge in [-0.25, -0.2) is 0 Å². The fraction of sp³-hybridized carbons (Fsp3) is 0.300. The van der Waals surface area contributed by atoms with Gasteiger partial charge in [-0.3, -0.25) is 4.79 Å². The lowest BCUT2D eigenvalue weighted by Crippen LogP contribution is -2.20. The summed E-state index contributed by atoms with van der Waals surface area (Å²) in [4.78, 5) is 10.9. The number of amides is 1. The third kappa shape index (κ3) is 3.79. The first kappa shape index (κ1) is 11.8. The molecule has 0 bridgehead atoms. The molecule has 5 heteroatoms. The normalized spacial score (nSPS) is 9.73. The lowest BCUT2D eigenvalue weighted by Gasteiger charge is -2.08. The molecule has 0 heterocycles. The van der Waals surface area contributed by atoms with E-state index < -0.39 is 0 Å². The molecule has 3 N–H and O–H groups in total. The zero-order chi connectivity index (χ0) is 11.3. The minimum atomic E-state index is -0.0503. The second-order valence-electron chi connectivity index (χ2n) is 2.95. The molecule has 1 aromatic carbocycles. The van der Waals surface area contributed by atoms with Crippen LogP contribution in [0.4, 0.5) is 5.69 Å². The Kier molecular flexibility index (Phi) is 4.42. The van der Waals surface area contributed by atoms with Crippen LogP contribution < -0.4 is 15.8 Å². The molecule has 82 valence electrons.